The summed E-state index contributed by atoms with van der Waals surface area (Å²) in [6, 6.07) is 4.37. The summed E-state index contributed by atoms with van der Waals surface area (Å²) in [7, 11) is 1.29. The van der Waals surface area contributed by atoms with Gasteiger partial charge in [0, 0.05) is 0 Å². The van der Waals surface area contributed by atoms with E-state index >= 15 is 0 Å². The lowest BCUT2D eigenvalue weighted by molar-refractivity contribution is -0.142. The lowest BCUT2D eigenvalue weighted by atomic mass is 10.2. The molecule has 1 aromatic heterocycles. The van der Waals surface area contributed by atoms with Crippen molar-refractivity contribution in [3.05, 3.63) is 28.5 Å². The van der Waals surface area contributed by atoms with Crippen LogP contribution in [0.25, 0.3) is 0 Å². The van der Waals surface area contributed by atoms with Crippen LogP contribution in [0.5, 0.6) is 0 Å². The van der Waals surface area contributed by atoms with E-state index < -0.39 is 12.0 Å². The van der Waals surface area contributed by atoms with Crippen LogP contribution in [0.15, 0.2) is 22.8 Å². The number of esters is 1. The SMILES string of the molecule is COC(=O)[C@@H](N)c1cccc(Br)n1.Cl. The second-order valence-electron chi connectivity index (χ2n) is 2.39. The third kappa shape index (κ3) is 3.25. The van der Waals surface area contributed by atoms with Crippen molar-refractivity contribution >= 4 is 34.3 Å². The lowest BCUT2D eigenvalue weighted by Gasteiger charge is -2.07. The Balaban J connectivity index is 0.00000169. The Morgan fingerprint density at radius 2 is 2.29 bits per heavy atom. The molecule has 0 amide bonds. The van der Waals surface area contributed by atoms with Crippen molar-refractivity contribution < 1.29 is 9.53 Å². The molecule has 1 heterocycles. The minimum Gasteiger partial charge on any atom is -0.468 e. The molecule has 0 saturated carbocycles. The zero-order chi connectivity index (χ0) is 9.84. The predicted octanol–water partition coefficient (Wildman–Crippen LogP) is 1.44. The summed E-state index contributed by atoms with van der Waals surface area (Å²) in [5.41, 5.74) is 6.05. The molecule has 1 atom stereocenters. The molecule has 1 aromatic rings. The van der Waals surface area contributed by atoms with Crippen LogP contribution < -0.4 is 5.73 Å². The smallest absolute Gasteiger partial charge is 0.328 e. The van der Waals surface area contributed by atoms with Crippen LogP contribution in [-0.2, 0) is 9.53 Å². The Kier molecular flexibility index (Phi) is 5.68. The molecule has 0 aliphatic rings. The van der Waals surface area contributed by atoms with Gasteiger partial charge in [-0.1, -0.05) is 6.07 Å². The van der Waals surface area contributed by atoms with Crippen molar-refractivity contribution in [1.82, 2.24) is 4.98 Å². The van der Waals surface area contributed by atoms with Gasteiger partial charge in [0.1, 0.15) is 10.6 Å². The van der Waals surface area contributed by atoms with Gasteiger partial charge < -0.3 is 10.5 Å². The Hall–Kier alpha value is -0.650. The van der Waals surface area contributed by atoms with E-state index in [-0.39, 0.29) is 12.4 Å². The third-order valence-corrected chi connectivity index (χ3v) is 1.95. The van der Waals surface area contributed by atoms with Gasteiger partial charge in [0.15, 0.2) is 0 Å². The van der Waals surface area contributed by atoms with E-state index in [0.717, 1.165) is 0 Å². The largest absolute Gasteiger partial charge is 0.468 e. The molecule has 78 valence electrons. The minimum atomic E-state index is -0.817. The number of halogens is 2. The second-order valence-corrected chi connectivity index (χ2v) is 3.20. The fourth-order valence-electron chi connectivity index (χ4n) is 0.845. The summed E-state index contributed by atoms with van der Waals surface area (Å²) in [5.74, 6) is -0.495. The third-order valence-electron chi connectivity index (χ3n) is 1.51. The van der Waals surface area contributed by atoms with E-state index in [9.17, 15) is 4.79 Å². The van der Waals surface area contributed by atoms with Crippen LogP contribution in [-0.4, -0.2) is 18.1 Å². The number of hydrogen-bond donors (Lipinski definition) is 1. The highest BCUT2D eigenvalue weighted by Gasteiger charge is 2.17. The van der Waals surface area contributed by atoms with E-state index in [2.05, 4.69) is 25.7 Å². The zero-order valence-corrected chi connectivity index (χ0v) is 9.84. The number of hydrogen-bond acceptors (Lipinski definition) is 4. The standard InChI is InChI=1S/C8H9BrN2O2.ClH/c1-13-8(12)7(10)5-3-2-4-6(9)11-5;/h2-4,7H,10H2,1H3;1H/t7-;/m0./s1. The number of ether oxygens (including phenoxy) is 1. The van der Waals surface area contributed by atoms with Gasteiger partial charge in [0.25, 0.3) is 0 Å². The number of nitrogens with zero attached hydrogens (tertiary/aromatic N) is 1. The van der Waals surface area contributed by atoms with Crippen LogP contribution in [0, 0.1) is 0 Å². The minimum absolute atomic E-state index is 0. The summed E-state index contributed by atoms with van der Waals surface area (Å²) in [6.45, 7) is 0. The van der Waals surface area contributed by atoms with Gasteiger partial charge in [-0.2, -0.15) is 0 Å². The number of rotatable bonds is 2. The first-order chi connectivity index (χ1) is 6.15. The number of carbonyl (C=O) groups is 1. The topological polar surface area (TPSA) is 65.2 Å². The highest BCUT2D eigenvalue weighted by atomic mass is 79.9. The molecular weight excluding hydrogens is 271 g/mol. The number of nitrogens with two attached hydrogens (primary N) is 1. The van der Waals surface area contributed by atoms with E-state index in [1.165, 1.54) is 7.11 Å². The van der Waals surface area contributed by atoms with E-state index in [4.69, 9.17) is 5.73 Å². The van der Waals surface area contributed by atoms with Crippen LogP contribution in [0.4, 0.5) is 0 Å². The molecule has 0 bridgehead atoms. The van der Waals surface area contributed by atoms with Crippen LogP contribution in [0.3, 0.4) is 0 Å². The molecule has 0 saturated heterocycles. The van der Waals surface area contributed by atoms with E-state index in [0.29, 0.717) is 10.3 Å². The van der Waals surface area contributed by atoms with Gasteiger partial charge >= 0.3 is 5.97 Å². The summed E-state index contributed by atoms with van der Waals surface area (Å²) < 4.78 is 5.13. The van der Waals surface area contributed by atoms with Gasteiger partial charge in [-0.25, -0.2) is 9.78 Å². The van der Waals surface area contributed by atoms with Gasteiger partial charge in [-0.3, -0.25) is 0 Å². The van der Waals surface area contributed by atoms with Gasteiger partial charge in [0.2, 0.25) is 0 Å². The summed E-state index contributed by atoms with van der Waals surface area (Å²) >= 11 is 3.18. The lowest BCUT2D eigenvalue weighted by Crippen LogP contribution is -2.23. The van der Waals surface area contributed by atoms with Crippen LogP contribution in [0.1, 0.15) is 11.7 Å². The number of methoxy groups -OCH3 is 1. The molecule has 0 spiro atoms. The monoisotopic (exact) mass is 280 g/mol. The zero-order valence-electron chi connectivity index (χ0n) is 7.44. The summed E-state index contributed by atoms with van der Waals surface area (Å²) in [6.07, 6.45) is 0. The van der Waals surface area contributed by atoms with Crippen molar-refractivity contribution in [3.63, 3.8) is 0 Å². The Morgan fingerprint density at radius 1 is 1.64 bits per heavy atom. The van der Waals surface area contributed by atoms with Gasteiger partial charge in [-0.15, -0.1) is 12.4 Å². The molecule has 1 rings (SSSR count). The molecule has 0 radical (unpaired) electrons. The van der Waals surface area contributed by atoms with Crippen molar-refractivity contribution in [2.75, 3.05) is 7.11 Å². The van der Waals surface area contributed by atoms with E-state index in [1.807, 2.05) is 0 Å². The normalized spacial score (nSPS) is 11.4. The average Bonchev–Trinajstić information content (AvgIpc) is 2.15. The van der Waals surface area contributed by atoms with Crippen molar-refractivity contribution in [1.29, 1.82) is 0 Å². The average molecular weight is 282 g/mol. The quantitative estimate of drug-likeness (QED) is 0.658. The molecule has 0 aliphatic carbocycles. The Bertz CT molecular complexity index is 322. The fourth-order valence-corrected chi connectivity index (χ4v) is 1.20. The number of carbonyl (C=O) groups excluding carboxylic acids is 1. The molecule has 0 aliphatic heterocycles. The van der Waals surface area contributed by atoms with Crippen LogP contribution >= 0.6 is 28.3 Å². The second kappa shape index (κ2) is 5.95. The summed E-state index contributed by atoms with van der Waals surface area (Å²) in [4.78, 5) is 15.1. The number of pyridine rings is 1. The Labute approximate surface area is 96.4 Å². The van der Waals surface area contributed by atoms with Gasteiger partial charge in [-0.05, 0) is 28.1 Å². The molecular formula is C8H10BrClN2O2. The molecule has 14 heavy (non-hydrogen) atoms. The maximum atomic E-state index is 11.0. The van der Waals surface area contributed by atoms with Crippen molar-refractivity contribution in [2.45, 2.75) is 6.04 Å². The molecule has 0 fully saturated rings. The molecule has 0 unspecified atom stereocenters. The molecule has 6 heteroatoms. The maximum absolute atomic E-state index is 11.0. The molecule has 4 nitrogen and oxygen atoms in total. The maximum Gasteiger partial charge on any atom is 0.328 e. The van der Waals surface area contributed by atoms with E-state index in [1.54, 1.807) is 18.2 Å². The number of aromatic nitrogens is 1. The van der Waals surface area contributed by atoms with Crippen molar-refractivity contribution in [2.24, 2.45) is 5.73 Å². The highest BCUT2D eigenvalue weighted by Crippen LogP contribution is 2.12. The Morgan fingerprint density at radius 3 is 2.79 bits per heavy atom. The van der Waals surface area contributed by atoms with Crippen LogP contribution in [0.2, 0.25) is 0 Å². The molecule has 2 N–H and O–H groups in total. The predicted molar refractivity (Wildman–Crippen MR) is 58.1 cm³/mol. The van der Waals surface area contributed by atoms with Crippen molar-refractivity contribution in [3.8, 4) is 0 Å². The highest BCUT2D eigenvalue weighted by molar-refractivity contribution is 9.10. The first-order valence-corrected chi connectivity index (χ1v) is 4.40. The fraction of sp³-hybridized carbons (Fsp3) is 0.250. The first kappa shape index (κ1) is 13.4. The molecule has 0 aromatic carbocycles. The first-order valence-electron chi connectivity index (χ1n) is 3.61. The van der Waals surface area contributed by atoms with Gasteiger partial charge in [0.05, 0.1) is 12.8 Å². The summed E-state index contributed by atoms with van der Waals surface area (Å²) in [5, 5.41) is 0.